The second-order valence-corrected chi connectivity index (χ2v) is 6.36. The average Bonchev–Trinajstić information content (AvgIpc) is 3.30. The van der Waals surface area contributed by atoms with Gasteiger partial charge in [0.05, 0.1) is 0 Å². The van der Waals surface area contributed by atoms with Crippen LogP contribution in [0, 0.1) is 10.1 Å². The molecule has 1 aromatic heterocycles. The smallest absolute Gasteiger partial charge is 0.358 e. The molecule has 1 aromatic carbocycles. The summed E-state index contributed by atoms with van der Waals surface area (Å²) >= 11 is 0. The first-order valence-electron chi connectivity index (χ1n) is 8.66. The van der Waals surface area contributed by atoms with Gasteiger partial charge in [-0.25, -0.2) is 0 Å². The summed E-state index contributed by atoms with van der Waals surface area (Å²) in [4.78, 5) is 28.9. The van der Waals surface area contributed by atoms with E-state index in [0.29, 0.717) is 6.42 Å². The molecule has 0 spiro atoms. The van der Waals surface area contributed by atoms with E-state index in [-0.39, 0.29) is 11.7 Å². The Labute approximate surface area is 146 Å². The molecule has 0 N–H and O–H groups in total. The molecule has 132 valence electrons. The van der Waals surface area contributed by atoms with Crippen molar-refractivity contribution in [2.75, 3.05) is 13.1 Å². The molecular formula is C18H22N4O3. The lowest BCUT2D eigenvalue weighted by atomic mass is 10.0. The number of nitrogens with zero attached hydrogens (tertiary/aromatic N) is 4. The van der Waals surface area contributed by atoms with Crippen LogP contribution in [-0.2, 0) is 11.2 Å². The zero-order valence-corrected chi connectivity index (χ0v) is 14.1. The third kappa shape index (κ3) is 4.23. The molecule has 1 aliphatic heterocycles. The zero-order valence-electron chi connectivity index (χ0n) is 14.1. The van der Waals surface area contributed by atoms with E-state index in [4.69, 9.17) is 0 Å². The topological polar surface area (TPSA) is 81.3 Å². The normalized spacial score (nSPS) is 15.3. The van der Waals surface area contributed by atoms with E-state index in [1.807, 2.05) is 23.1 Å². The lowest BCUT2D eigenvalue weighted by molar-refractivity contribution is -0.389. The quantitative estimate of drug-likeness (QED) is 0.572. The number of likely N-dealkylation sites (tertiary alicyclic amines) is 1. The minimum absolute atomic E-state index is 0.0397. The van der Waals surface area contributed by atoms with Crippen LogP contribution in [0.25, 0.3) is 0 Å². The zero-order chi connectivity index (χ0) is 17.6. The number of aromatic nitrogens is 2. The van der Waals surface area contributed by atoms with Gasteiger partial charge in [0.1, 0.15) is 12.2 Å². The first kappa shape index (κ1) is 17.1. The van der Waals surface area contributed by atoms with Gasteiger partial charge in [-0.2, -0.15) is 0 Å². The number of imidazole rings is 1. The molecule has 0 aliphatic carbocycles. The average molecular weight is 342 g/mol. The fraction of sp³-hybridized carbons (Fsp3) is 0.444. The first-order valence-corrected chi connectivity index (χ1v) is 8.66. The van der Waals surface area contributed by atoms with Crippen molar-refractivity contribution < 1.29 is 9.72 Å². The van der Waals surface area contributed by atoms with Crippen molar-refractivity contribution in [1.29, 1.82) is 0 Å². The maximum absolute atomic E-state index is 12.9. The molecular weight excluding hydrogens is 320 g/mol. The SMILES string of the molecule is O=C(C(CCCc1ccccc1)n1cnc([N+](=O)[O-])c1)N1CCCC1. The highest BCUT2D eigenvalue weighted by Gasteiger charge is 2.29. The fourth-order valence-electron chi connectivity index (χ4n) is 3.28. The van der Waals surface area contributed by atoms with Gasteiger partial charge >= 0.3 is 5.82 Å². The molecule has 7 nitrogen and oxygen atoms in total. The fourth-order valence-corrected chi connectivity index (χ4v) is 3.28. The first-order chi connectivity index (χ1) is 12.1. The Morgan fingerprint density at radius 3 is 2.60 bits per heavy atom. The second-order valence-electron chi connectivity index (χ2n) is 6.36. The summed E-state index contributed by atoms with van der Waals surface area (Å²) in [7, 11) is 0. The van der Waals surface area contributed by atoms with E-state index in [1.165, 1.54) is 18.1 Å². The molecule has 1 saturated heterocycles. The number of hydrogen-bond donors (Lipinski definition) is 0. The van der Waals surface area contributed by atoms with Crippen molar-refractivity contribution >= 4 is 11.7 Å². The summed E-state index contributed by atoms with van der Waals surface area (Å²) in [5, 5.41) is 10.9. The van der Waals surface area contributed by atoms with Gasteiger partial charge in [-0.1, -0.05) is 30.3 Å². The van der Waals surface area contributed by atoms with Gasteiger partial charge in [-0.3, -0.25) is 9.36 Å². The number of amides is 1. The molecule has 1 atom stereocenters. The molecule has 7 heteroatoms. The van der Waals surface area contributed by atoms with E-state index >= 15 is 0 Å². The lowest BCUT2D eigenvalue weighted by Gasteiger charge is -2.23. The maximum atomic E-state index is 12.9. The predicted octanol–water partition coefficient (Wildman–Crippen LogP) is 2.98. The number of rotatable bonds is 7. The van der Waals surface area contributed by atoms with Crippen molar-refractivity contribution in [2.24, 2.45) is 0 Å². The van der Waals surface area contributed by atoms with E-state index in [0.717, 1.165) is 38.8 Å². The Morgan fingerprint density at radius 2 is 1.96 bits per heavy atom. The van der Waals surface area contributed by atoms with Gasteiger partial charge in [0.25, 0.3) is 0 Å². The van der Waals surface area contributed by atoms with Crippen LogP contribution in [0.4, 0.5) is 5.82 Å². The van der Waals surface area contributed by atoms with Gasteiger partial charge in [0.2, 0.25) is 12.2 Å². The summed E-state index contributed by atoms with van der Waals surface area (Å²) in [5.74, 6) is -0.180. The summed E-state index contributed by atoms with van der Waals surface area (Å²) < 4.78 is 1.60. The van der Waals surface area contributed by atoms with Crippen LogP contribution < -0.4 is 0 Å². The van der Waals surface area contributed by atoms with Crippen LogP contribution in [-0.4, -0.2) is 38.4 Å². The number of benzene rings is 1. The number of nitro groups is 1. The van der Waals surface area contributed by atoms with Gasteiger partial charge in [-0.15, -0.1) is 0 Å². The van der Waals surface area contributed by atoms with Crippen molar-refractivity contribution in [3.05, 3.63) is 58.5 Å². The highest BCUT2D eigenvalue weighted by atomic mass is 16.6. The van der Waals surface area contributed by atoms with Crippen LogP contribution in [0.2, 0.25) is 0 Å². The molecule has 0 saturated carbocycles. The highest BCUT2D eigenvalue weighted by molar-refractivity contribution is 5.80. The third-order valence-electron chi connectivity index (χ3n) is 4.62. The Morgan fingerprint density at radius 1 is 1.24 bits per heavy atom. The Hall–Kier alpha value is -2.70. The summed E-state index contributed by atoms with van der Waals surface area (Å²) in [6, 6.07) is 9.69. The number of carbonyl (C=O) groups is 1. The van der Waals surface area contributed by atoms with Crippen LogP contribution in [0.3, 0.4) is 0 Å². The maximum Gasteiger partial charge on any atom is 0.381 e. The molecule has 1 amide bonds. The standard InChI is InChI=1S/C18H22N4O3/c23-18(20-11-4-5-12-20)16(21-13-17(19-14-21)22(24)25)10-6-9-15-7-2-1-3-8-15/h1-3,7-8,13-14,16H,4-6,9-12H2. The van der Waals surface area contributed by atoms with E-state index < -0.39 is 11.0 Å². The molecule has 0 bridgehead atoms. The molecule has 3 rings (SSSR count). The van der Waals surface area contributed by atoms with Gasteiger partial charge in [0, 0.05) is 13.1 Å². The molecule has 0 radical (unpaired) electrons. The second kappa shape index (κ2) is 7.92. The van der Waals surface area contributed by atoms with E-state index in [9.17, 15) is 14.9 Å². The summed E-state index contributed by atoms with van der Waals surface area (Å²) in [6.07, 6.45) is 7.15. The van der Waals surface area contributed by atoms with Gasteiger partial charge < -0.3 is 15.0 Å². The van der Waals surface area contributed by atoms with Crippen LogP contribution >= 0.6 is 0 Å². The van der Waals surface area contributed by atoms with Crippen molar-refractivity contribution in [1.82, 2.24) is 14.5 Å². The molecule has 1 fully saturated rings. The molecule has 25 heavy (non-hydrogen) atoms. The Balaban J connectivity index is 1.71. The van der Waals surface area contributed by atoms with Crippen LogP contribution in [0.15, 0.2) is 42.9 Å². The van der Waals surface area contributed by atoms with E-state index in [2.05, 4.69) is 17.1 Å². The van der Waals surface area contributed by atoms with Gasteiger partial charge in [-0.05, 0) is 47.6 Å². The van der Waals surface area contributed by atoms with Crippen molar-refractivity contribution in [3.63, 3.8) is 0 Å². The number of carbonyl (C=O) groups excluding carboxylic acids is 1. The largest absolute Gasteiger partial charge is 0.381 e. The molecule has 1 aliphatic rings. The van der Waals surface area contributed by atoms with Crippen molar-refractivity contribution in [3.8, 4) is 0 Å². The van der Waals surface area contributed by atoms with Gasteiger partial charge in [0.15, 0.2) is 0 Å². The minimum Gasteiger partial charge on any atom is -0.358 e. The molecule has 1 unspecified atom stereocenters. The summed E-state index contributed by atoms with van der Waals surface area (Å²) in [5.41, 5.74) is 1.23. The Bertz CT molecular complexity index is 723. The monoisotopic (exact) mass is 342 g/mol. The highest BCUT2D eigenvalue weighted by Crippen LogP contribution is 2.23. The summed E-state index contributed by atoms with van der Waals surface area (Å²) in [6.45, 7) is 1.54. The predicted molar refractivity (Wildman–Crippen MR) is 93.1 cm³/mol. The van der Waals surface area contributed by atoms with Crippen molar-refractivity contribution in [2.45, 2.75) is 38.1 Å². The minimum atomic E-state index is -0.530. The molecule has 2 heterocycles. The van der Waals surface area contributed by atoms with Crippen LogP contribution in [0.5, 0.6) is 0 Å². The van der Waals surface area contributed by atoms with E-state index in [1.54, 1.807) is 4.57 Å². The number of hydrogen-bond acceptors (Lipinski definition) is 4. The molecule has 2 aromatic rings. The lowest BCUT2D eigenvalue weighted by Crippen LogP contribution is -2.35. The number of aryl methyl sites for hydroxylation is 1. The van der Waals surface area contributed by atoms with Crippen LogP contribution in [0.1, 0.15) is 37.3 Å². The Kier molecular flexibility index (Phi) is 5.42. The third-order valence-corrected chi connectivity index (χ3v) is 4.62.